The van der Waals surface area contributed by atoms with Gasteiger partial charge in [0.2, 0.25) is 0 Å². The maximum Gasteiger partial charge on any atom is 0.272 e. The van der Waals surface area contributed by atoms with E-state index < -0.39 is 0 Å². The summed E-state index contributed by atoms with van der Waals surface area (Å²) in [5, 5.41) is 3.35. The molecule has 1 N–H and O–H groups in total. The van der Waals surface area contributed by atoms with Crippen molar-refractivity contribution in [3.8, 4) is 0 Å². The van der Waals surface area contributed by atoms with Gasteiger partial charge in [0.25, 0.3) is 5.91 Å². The highest BCUT2D eigenvalue weighted by molar-refractivity contribution is 5.92. The summed E-state index contributed by atoms with van der Waals surface area (Å²) in [6.45, 7) is 5.00. The first-order valence-corrected chi connectivity index (χ1v) is 8.77. The van der Waals surface area contributed by atoms with Crippen LogP contribution in [0, 0.1) is 0 Å². The quantitative estimate of drug-likeness (QED) is 0.785. The first-order chi connectivity index (χ1) is 11.1. The summed E-state index contributed by atoms with van der Waals surface area (Å²) in [5.41, 5.74) is 1.54. The molecule has 5 nitrogen and oxygen atoms in total. The van der Waals surface area contributed by atoms with Crippen molar-refractivity contribution < 1.29 is 4.79 Å². The van der Waals surface area contributed by atoms with Gasteiger partial charge in [0.15, 0.2) is 0 Å². The molecule has 1 atom stereocenters. The molecule has 0 saturated carbocycles. The molecular weight excluding hydrogens is 288 g/mol. The molecule has 1 amide bonds. The van der Waals surface area contributed by atoms with Gasteiger partial charge in [-0.2, -0.15) is 0 Å². The Labute approximate surface area is 140 Å². The van der Waals surface area contributed by atoms with Crippen LogP contribution in [0.4, 0.5) is 5.69 Å². The Morgan fingerprint density at radius 1 is 1.39 bits per heavy atom. The molecule has 0 radical (unpaired) electrons. The molecule has 1 aromatic heterocycles. The lowest BCUT2D eigenvalue weighted by atomic mass is 9.99. The van der Waals surface area contributed by atoms with Gasteiger partial charge < -0.3 is 15.1 Å². The van der Waals surface area contributed by atoms with Gasteiger partial charge in [0.05, 0.1) is 11.9 Å². The number of anilines is 1. The van der Waals surface area contributed by atoms with Gasteiger partial charge >= 0.3 is 0 Å². The topological polar surface area (TPSA) is 48.5 Å². The van der Waals surface area contributed by atoms with Crippen LogP contribution >= 0.6 is 0 Å². The lowest BCUT2D eigenvalue weighted by Crippen LogP contribution is -2.43. The minimum atomic E-state index is 0.0794. The largest absolute Gasteiger partial charge is 0.384 e. The van der Waals surface area contributed by atoms with E-state index in [9.17, 15) is 4.79 Å². The van der Waals surface area contributed by atoms with Crippen molar-refractivity contribution in [2.45, 2.75) is 45.1 Å². The fourth-order valence-electron chi connectivity index (χ4n) is 3.09. The summed E-state index contributed by atoms with van der Waals surface area (Å²) < 4.78 is 0. The van der Waals surface area contributed by atoms with E-state index in [2.05, 4.69) is 36.2 Å². The second-order valence-electron chi connectivity index (χ2n) is 6.57. The van der Waals surface area contributed by atoms with E-state index in [0.717, 1.165) is 51.0 Å². The summed E-state index contributed by atoms with van der Waals surface area (Å²) in [6, 6.07) is 4.18. The predicted octanol–water partition coefficient (Wildman–Crippen LogP) is 2.85. The third-order valence-corrected chi connectivity index (χ3v) is 4.45. The van der Waals surface area contributed by atoms with Crippen LogP contribution < -0.4 is 5.32 Å². The fourth-order valence-corrected chi connectivity index (χ4v) is 3.09. The smallest absolute Gasteiger partial charge is 0.272 e. The molecule has 1 aliphatic heterocycles. The van der Waals surface area contributed by atoms with Gasteiger partial charge in [-0.25, -0.2) is 4.98 Å². The van der Waals surface area contributed by atoms with Crippen LogP contribution in [0.2, 0.25) is 0 Å². The molecule has 1 unspecified atom stereocenters. The highest BCUT2D eigenvalue weighted by atomic mass is 16.2. The highest BCUT2D eigenvalue weighted by Crippen LogP contribution is 2.21. The summed E-state index contributed by atoms with van der Waals surface area (Å²) in [5.74, 6) is 0.0794. The minimum absolute atomic E-state index is 0.0794. The van der Waals surface area contributed by atoms with Gasteiger partial charge in [-0.1, -0.05) is 6.92 Å². The Bertz CT molecular complexity index is 486. The van der Waals surface area contributed by atoms with Gasteiger partial charge in [-0.05, 0) is 64.9 Å². The molecule has 128 valence electrons. The van der Waals surface area contributed by atoms with Crippen molar-refractivity contribution >= 4 is 11.6 Å². The normalized spacial score (nSPS) is 18.3. The molecule has 1 fully saturated rings. The van der Waals surface area contributed by atoms with E-state index in [1.165, 1.54) is 6.42 Å². The molecule has 0 spiro atoms. The molecule has 0 aliphatic carbocycles. The standard InChI is InChI=1S/C18H30N4O/c1-4-16-8-5-6-13-22(16)18(23)17-10-9-15(14-20-17)19-11-7-12-21(2)3/h9-10,14,16,19H,4-8,11-13H2,1-3H3. The van der Waals surface area contributed by atoms with E-state index in [4.69, 9.17) is 0 Å². The number of piperidine rings is 1. The summed E-state index contributed by atoms with van der Waals surface area (Å²) >= 11 is 0. The third kappa shape index (κ3) is 5.20. The monoisotopic (exact) mass is 318 g/mol. The van der Waals surface area contributed by atoms with Gasteiger partial charge in [0.1, 0.15) is 5.69 Å². The molecule has 23 heavy (non-hydrogen) atoms. The van der Waals surface area contributed by atoms with E-state index in [1.807, 2.05) is 17.0 Å². The Hall–Kier alpha value is -1.62. The Morgan fingerprint density at radius 3 is 2.87 bits per heavy atom. The van der Waals surface area contributed by atoms with Crippen LogP contribution in [-0.4, -0.2) is 60.5 Å². The number of amides is 1. The predicted molar refractivity (Wildman–Crippen MR) is 94.9 cm³/mol. The maximum absolute atomic E-state index is 12.7. The van der Waals surface area contributed by atoms with Crippen LogP contribution in [0.15, 0.2) is 18.3 Å². The Morgan fingerprint density at radius 2 is 2.22 bits per heavy atom. The average molecular weight is 318 g/mol. The number of hydrogen-bond donors (Lipinski definition) is 1. The molecule has 2 rings (SSSR count). The van der Waals surface area contributed by atoms with Crippen LogP contribution in [0.3, 0.4) is 0 Å². The number of carbonyl (C=O) groups is 1. The summed E-state index contributed by atoms with van der Waals surface area (Å²) in [6.07, 6.45) is 7.33. The molecule has 0 aromatic carbocycles. The molecular formula is C18H30N4O. The second kappa shape index (κ2) is 8.87. The van der Waals surface area contributed by atoms with Crippen LogP contribution in [0.5, 0.6) is 0 Å². The lowest BCUT2D eigenvalue weighted by molar-refractivity contribution is 0.0602. The van der Waals surface area contributed by atoms with Crippen molar-refractivity contribution in [3.05, 3.63) is 24.0 Å². The van der Waals surface area contributed by atoms with Crippen molar-refractivity contribution in [2.75, 3.05) is 39.0 Å². The molecule has 2 heterocycles. The number of rotatable bonds is 7. The first-order valence-electron chi connectivity index (χ1n) is 8.77. The highest BCUT2D eigenvalue weighted by Gasteiger charge is 2.26. The Kier molecular flexibility index (Phi) is 6.84. The van der Waals surface area contributed by atoms with Gasteiger partial charge in [-0.15, -0.1) is 0 Å². The summed E-state index contributed by atoms with van der Waals surface area (Å²) in [4.78, 5) is 21.2. The maximum atomic E-state index is 12.7. The molecule has 0 bridgehead atoms. The third-order valence-electron chi connectivity index (χ3n) is 4.45. The van der Waals surface area contributed by atoms with Crippen molar-refractivity contribution in [1.82, 2.24) is 14.8 Å². The first kappa shape index (κ1) is 17.7. The van der Waals surface area contributed by atoms with Crippen LogP contribution in [0.1, 0.15) is 49.5 Å². The van der Waals surface area contributed by atoms with E-state index >= 15 is 0 Å². The minimum Gasteiger partial charge on any atom is -0.384 e. The number of pyridine rings is 1. The average Bonchev–Trinajstić information content (AvgIpc) is 2.58. The number of hydrogen-bond acceptors (Lipinski definition) is 4. The summed E-state index contributed by atoms with van der Waals surface area (Å²) in [7, 11) is 4.15. The molecule has 5 heteroatoms. The van der Waals surface area contributed by atoms with E-state index in [0.29, 0.717) is 11.7 Å². The Balaban J connectivity index is 1.89. The van der Waals surface area contributed by atoms with Crippen LogP contribution in [0.25, 0.3) is 0 Å². The fraction of sp³-hybridized carbons (Fsp3) is 0.667. The number of nitrogens with zero attached hydrogens (tertiary/aromatic N) is 3. The van der Waals surface area contributed by atoms with Crippen molar-refractivity contribution in [1.29, 1.82) is 0 Å². The van der Waals surface area contributed by atoms with Crippen molar-refractivity contribution in [3.63, 3.8) is 0 Å². The SMILES string of the molecule is CCC1CCCCN1C(=O)c1ccc(NCCCN(C)C)cn1. The van der Waals surface area contributed by atoms with Gasteiger partial charge in [0, 0.05) is 19.1 Å². The van der Waals surface area contributed by atoms with E-state index in [-0.39, 0.29) is 5.91 Å². The number of nitrogens with one attached hydrogen (secondary N) is 1. The second-order valence-corrected chi connectivity index (χ2v) is 6.57. The lowest BCUT2D eigenvalue weighted by Gasteiger charge is -2.35. The number of likely N-dealkylation sites (tertiary alicyclic amines) is 1. The number of aromatic nitrogens is 1. The van der Waals surface area contributed by atoms with Gasteiger partial charge in [-0.3, -0.25) is 4.79 Å². The zero-order valence-corrected chi connectivity index (χ0v) is 14.7. The van der Waals surface area contributed by atoms with Crippen LogP contribution in [-0.2, 0) is 0 Å². The number of carbonyl (C=O) groups excluding carboxylic acids is 1. The molecule has 1 saturated heterocycles. The van der Waals surface area contributed by atoms with Crippen molar-refractivity contribution in [2.24, 2.45) is 0 Å². The zero-order valence-electron chi connectivity index (χ0n) is 14.7. The zero-order chi connectivity index (χ0) is 16.7. The molecule has 1 aromatic rings. The molecule has 1 aliphatic rings. The van der Waals surface area contributed by atoms with E-state index in [1.54, 1.807) is 6.20 Å².